The molecule has 0 radical (unpaired) electrons. The molecule has 35 heavy (non-hydrogen) atoms. The highest BCUT2D eigenvalue weighted by atomic mass is 16.6. The first-order valence-electron chi connectivity index (χ1n) is 10.8. The minimum atomic E-state index is -1.57. The Hall–Kier alpha value is -2.07. The molecule has 13 heteroatoms. The second kappa shape index (κ2) is 13.9. The molecular weight excluding hydrogens is 472 g/mol. The van der Waals surface area contributed by atoms with Gasteiger partial charge in [0.05, 0.1) is 25.2 Å². The molecule has 2 saturated heterocycles. The summed E-state index contributed by atoms with van der Waals surface area (Å²) in [5, 5.41) is 63.6. The first-order chi connectivity index (χ1) is 16.2. The second-order valence-electron chi connectivity index (χ2n) is 8.29. The number of aryl methyl sites for hydroxylation is 1. The van der Waals surface area contributed by atoms with Gasteiger partial charge in [-0.1, -0.05) is 0 Å². The lowest BCUT2D eigenvalue weighted by atomic mass is 10.00. The number of furan rings is 1. The molecule has 0 saturated carbocycles. The van der Waals surface area contributed by atoms with Gasteiger partial charge in [0.25, 0.3) is 0 Å². The minimum Gasteiger partial charge on any atom is -0.463 e. The molecule has 7 N–H and O–H groups in total. The van der Waals surface area contributed by atoms with Crippen LogP contribution in [0, 0.1) is 6.92 Å². The van der Waals surface area contributed by atoms with Gasteiger partial charge in [-0.15, -0.1) is 0 Å². The van der Waals surface area contributed by atoms with Gasteiger partial charge in [-0.3, -0.25) is 14.4 Å². The third-order valence-electron chi connectivity index (χ3n) is 5.11. The van der Waals surface area contributed by atoms with E-state index in [-0.39, 0.29) is 30.4 Å². The number of hydrogen-bond donors (Lipinski definition) is 7. The maximum atomic E-state index is 11.2. The van der Waals surface area contributed by atoms with Gasteiger partial charge >= 0.3 is 0 Å². The Morgan fingerprint density at radius 2 is 1.49 bits per heavy atom. The molecule has 13 nitrogen and oxygen atoms in total. The Morgan fingerprint density at radius 3 is 1.86 bits per heavy atom. The van der Waals surface area contributed by atoms with Gasteiger partial charge in [0.15, 0.2) is 12.1 Å². The van der Waals surface area contributed by atoms with Crippen LogP contribution in [0.5, 0.6) is 0 Å². The smallest absolute Gasteiger partial charge is 0.184 e. The van der Waals surface area contributed by atoms with Gasteiger partial charge in [0.2, 0.25) is 0 Å². The molecule has 200 valence electrons. The molecule has 0 aliphatic carbocycles. The monoisotopic (exact) mass is 506 g/mol. The average Bonchev–Trinajstić information content (AvgIpc) is 3.31. The molecule has 1 aromatic rings. The van der Waals surface area contributed by atoms with Crippen molar-refractivity contribution < 1.29 is 64.0 Å². The van der Waals surface area contributed by atoms with Crippen LogP contribution in [0.2, 0.25) is 0 Å². The van der Waals surface area contributed by atoms with E-state index in [1.165, 1.54) is 20.8 Å². The fourth-order valence-corrected chi connectivity index (χ4v) is 3.28. The molecule has 2 fully saturated rings. The van der Waals surface area contributed by atoms with Crippen molar-refractivity contribution in [3.05, 3.63) is 23.2 Å². The summed E-state index contributed by atoms with van der Waals surface area (Å²) >= 11 is 0. The van der Waals surface area contributed by atoms with E-state index in [0.29, 0.717) is 17.1 Å². The molecule has 6 unspecified atom stereocenters. The summed E-state index contributed by atoms with van der Waals surface area (Å²) in [5.41, 5.74) is 0.479. The Kier molecular flexibility index (Phi) is 12.3. The molecule has 3 heterocycles. The fraction of sp³-hybridized carbons (Fsp3) is 0.682. The summed E-state index contributed by atoms with van der Waals surface area (Å²) in [5.74, 6) is 0.659. The van der Waals surface area contributed by atoms with Gasteiger partial charge in [-0.25, -0.2) is 0 Å². The standard InChI is InChI=1S/C11H14O5.C6H12O6.C5H8O2/c1-5(12)7-3-9(16-6(7)2)11-10(14)8(13)4-15-11;7-1-2-3(8)4(9)5(10)6(11)12-2;1-4(6)3-5(2)7/h3,8,10-11,13-14H,4H2,1-2H3;2-11H,1H2;3H2,1-2H3/t;2?,3-,4+,5?,6?;/m.1./s1. The summed E-state index contributed by atoms with van der Waals surface area (Å²) in [6.07, 6.45) is -9.57. The van der Waals surface area contributed by atoms with Crippen molar-refractivity contribution in [1.82, 2.24) is 0 Å². The first kappa shape index (κ1) is 31.0. The highest BCUT2D eigenvalue weighted by molar-refractivity contribution is 5.96. The Bertz CT molecular complexity index is 834. The average molecular weight is 507 g/mol. The highest BCUT2D eigenvalue weighted by Gasteiger charge is 2.42. The molecule has 8 atom stereocenters. The molecule has 3 rings (SSSR count). The van der Waals surface area contributed by atoms with E-state index in [2.05, 4.69) is 4.74 Å². The van der Waals surface area contributed by atoms with Crippen molar-refractivity contribution in [3.63, 3.8) is 0 Å². The molecule has 1 aromatic heterocycles. The summed E-state index contributed by atoms with van der Waals surface area (Å²) in [6, 6.07) is 1.56. The number of ether oxygens (including phenoxy) is 2. The van der Waals surface area contributed by atoms with Gasteiger partial charge in [-0.2, -0.15) is 0 Å². The van der Waals surface area contributed by atoms with Crippen molar-refractivity contribution in [2.24, 2.45) is 0 Å². The zero-order chi connectivity index (χ0) is 27.0. The maximum Gasteiger partial charge on any atom is 0.184 e. The number of carbonyl (C=O) groups excluding carboxylic acids is 3. The van der Waals surface area contributed by atoms with Crippen LogP contribution in [-0.2, 0) is 19.1 Å². The predicted molar refractivity (Wildman–Crippen MR) is 116 cm³/mol. The fourth-order valence-electron chi connectivity index (χ4n) is 3.28. The van der Waals surface area contributed by atoms with Crippen LogP contribution in [0.1, 0.15) is 55.2 Å². The van der Waals surface area contributed by atoms with Crippen LogP contribution < -0.4 is 0 Å². The SMILES string of the molecule is CC(=O)CC(C)=O.CC(=O)c1cc(C2OCC(O)C2O)oc1C.OCC1OC(O)C(O)[C@@H](O)[C@@H]1O. The van der Waals surface area contributed by atoms with E-state index < -0.39 is 55.6 Å². The van der Waals surface area contributed by atoms with Crippen molar-refractivity contribution in [2.45, 2.75) is 83.1 Å². The van der Waals surface area contributed by atoms with Gasteiger partial charge in [0, 0.05) is 0 Å². The minimum absolute atomic E-state index is 0.0625. The number of hydrogen-bond acceptors (Lipinski definition) is 13. The lowest BCUT2D eigenvalue weighted by molar-refractivity contribution is -0.286. The number of carbonyl (C=O) groups is 3. The summed E-state index contributed by atoms with van der Waals surface area (Å²) < 4.78 is 15.1. The lowest BCUT2D eigenvalue weighted by Gasteiger charge is -2.37. The zero-order valence-electron chi connectivity index (χ0n) is 19.9. The van der Waals surface area contributed by atoms with E-state index in [9.17, 15) is 24.6 Å². The summed E-state index contributed by atoms with van der Waals surface area (Å²) in [7, 11) is 0. The van der Waals surface area contributed by atoms with E-state index >= 15 is 0 Å². The predicted octanol–water partition coefficient (Wildman–Crippen LogP) is -2.08. The van der Waals surface area contributed by atoms with Crippen LogP contribution in [0.15, 0.2) is 10.5 Å². The summed E-state index contributed by atoms with van der Waals surface area (Å²) in [6.45, 7) is 5.48. The van der Waals surface area contributed by atoms with Crippen molar-refractivity contribution in [1.29, 1.82) is 0 Å². The van der Waals surface area contributed by atoms with Crippen LogP contribution in [0.25, 0.3) is 0 Å². The third kappa shape index (κ3) is 8.83. The Morgan fingerprint density at radius 1 is 0.914 bits per heavy atom. The molecule has 2 aliphatic heterocycles. The molecule has 0 aromatic carbocycles. The Balaban J connectivity index is 0.000000285. The Labute approximate surface area is 201 Å². The summed E-state index contributed by atoms with van der Waals surface area (Å²) in [4.78, 5) is 31.3. The lowest BCUT2D eigenvalue weighted by Crippen LogP contribution is -2.58. The molecule has 2 aliphatic rings. The highest BCUT2D eigenvalue weighted by Crippen LogP contribution is 2.32. The first-order valence-corrected chi connectivity index (χ1v) is 10.8. The maximum absolute atomic E-state index is 11.2. The molecule has 0 bridgehead atoms. The van der Waals surface area contributed by atoms with Crippen LogP contribution >= 0.6 is 0 Å². The number of aliphatic hydroxyl groups excluding tert-OH is 7. The molecule has 0 spiro atoms. The van der Waals surface area contributed by atoms with Crippen LogP contribution in [-0.4, -0.2) is 109 Å². The van der Waals surface area contributed by atoms with E-state index in [4.69, 9.17) is 34.7 Å². The topological polar surface area (TPSA) is 224 Å². The molecular formula is C22H34O13. The van der Waals surface area contributed by atoms with E-state index in [1.54, 1.807) is 13.0 Å². The van der Waals surface area contributed by atoms with Crippen LogP contribution in [0.4, 0.5) is 0 Å². The van der Waals surface area contributed by atoms with Gasteiger partial charge in [-0.05, 0) is 33.8 Å². The van der Waals surface area contributed by atoms with Crippen LogP contribution in [0.3, 0.4) is 0 Å². The van der Waals surface area contributed by atoms with E-state index in [1.807, 2.05) is 0 Å². The van der Waals surface area contributed by atoms with E-state index in [0.717, 1.165) is 0 Å². The third-order valence-corrected chi connectivity index (χ3v) is 5.11. The van der Waals surface area contributed by atoms with Gasteiger partial charge in [0.1, 0.15) is 65.8 Å². The van der Waals surface area contributed by atoms with Crippen molar-refractivity contribution in [3.8, 4) is 0 Å². The van der Waals surface area contributed by atoms with Crippen molar-refractivity contribution in [2.75, 3.05) is 13.2 Å². The zero-order valence-corrected chi connectivity index (χ0v) is 19.9. The normalized spacial score (nSPS) is 32.1. The number of ketones is 3. The number of aliphatic hydroxyl groups is 7. The second-order valence-corrected chi connectivity index (χ2v) is 8.29. The largest absolute Gasteiger partial charge is 0.463 e. The number of Topliss-reactive ketones (excluding diaryl/α,β-unsaturated/α-hetero) is 3. The quantitative estimate of drug-likeness (QED) is 0.168. The number of rotatable bonds is 5. The van der Waals surface area contributed by atoms with Gasteiger partial charge < -0.3 is 49.6 Å². The molecule has 0 amide bonds. The van der Waals surface area contributed by atoms with Crippen molar-refractivity contribution >= 4 is 17.3 Å².